The summed E-state index contributed by atoms with van der Waals surface area (Å²) < 4.78 is 0. The van der Waals surface area contributed by atoms with Crippen LogP contribution in [-0.4, -0.2) is 18.4 Å². The first kappa shape index (κ1) is 18.2. The highest BCUT2D eigenvalue weighted by Crippen LogP contribution is 2.23. The molecule has 0 spiro atoms. The van der Waals surface area contributed by atoms with Gasteiger partial charge in [-0.15, -0.1) is 0 Å². The third kappa shape index (κ3) is 4.58. The van der Waals surface area contributed by atoms with Gasteiger partial charge < -0.3 is 10.6 Å². The number of rotatable bonds is 6. The van der Waals surface area contributed by atoms with E-state index in [4.69, 9.17) is 0 Å². The van der Waals surface area contributed by atoms with Crippen molar-refractivity contribution in [1.82, 2.24) is 5.32 Å². The zero-order valence-electron chi connectivity index (χ0n) is 14.5. The molecule has 0 bridgehead atoms. The fourth-order valence-electron chi connectivity index (χ4n) is 1.96. The van der Waals surface area contributed by atoms with E-state index in [1.54, 1.807) is 13.8 Å². The van der Waals surface area contributed by atoms with Crippen molar-refractivity contribution in [3.63, 3.8) is 0 Å². The van der Waals surface area contributed by atoms with Crippen LogP contribution >= 0.6 is 0 Å². The van der Waals surface area contributed by atoms with Crippen molar-refractivity contribution >= 4 is 17.5 Å². The largest absolute Gasteiger partial charge is 0.355 e. The van der Waals surface area contributed by atoms with Crippen molar-refractivity contribution in [3.05, 3.63) is 29.3 Å². The van der Waals surface area contributed by atoms with Crippen LogP contribution in [0.5, 0.6) is 0 Å². The molecule has 2 N–H and O–H groups in total. The van der Waals surface area contributed by atoms with Gasteiger partial charge in [-0.1, -0.05) is 26.0 Å². The van der Waals surface area contributed by atoms with Crippen LogP contribution in [0.15, 0.2) is 18.2 Å². The number of hydrogen-bond acceptors (Lipinski definition) is 2. The van der Waals surface area contributed by atoms with E-state index in [0.717, 1.165) is 23.2 Å². The van der Waals surface area contributed by atoms with E-state index >= 15 is 0 Å². The molecule has 0 aromatic heterocycles. The molecule has 0 aliphatic heterocycles. The third-order valence-corrected chi connectivity index (χ3v) is 4.00. The molecule has 1 aromatic rings. The number of aryl methyl sites for hydroxylation is 1. The molecule has 22 heavy (non-hydrogen) atoms. The van der Waals surface area contributed by atoms with Gasteiger partial charge in [-0.05, 0) is 57.2 Å². The summed E-state index contributed by atoms with van der Waals surface area (Å²) in [5.41, 5.74) is 1.78. The molecule has 0 fully saturated rings. The molecule has 4 heteroatoms. The molecule has 0 heterocycles. The van der Waals surface area contributed by atoms with Crippen LogP contribution in [0, 0.1) is 25.2 Å². The van der Waals surface area contributed by atoms with E-state index in [1.165, 1.54) is 0 Å². The molecule has 1 aromatic carbocycles. The number of carbonyl (C=O) groups excluding carboxylic acids is 2. The third-order valence-electron chi connectivity index (χ3n) is 4.00. The second-order valence-electron chi connectivity index (χ2n) is 6.77. The van der Waals surface area contributed by atoms with Gasteiger partial charge in [-0.25, -0.2) is 0 Å². The van der Waals surface area contributed by atoms with Crippen molar-refractivity contribution in [3.8, 4) is 0 Å². The van der Waals surface area contributed by atoms with Crippen LogP contribution in [0.25, 0.3) is 0 Å². The van der Waals surface area contributed by atoms with Gasteiger partial charge in [0.1, 0.15) is 5.41 Å². The first-order valence-corrected chi connectivity index (χ1v) is 7.82. The van der Waals surface area contributed by atoms with Crippen LogP contribution in [0.1, 0.15) is 45.2 Å². The van der Waals surface area contributed by atoms with E-state index in [-0.39, 0.29) is 11.8 Å². The maximum atomic E-state index is 12.5. The molecule has 0 unspecified atom stereocenters. The van der Waals surface area contributed by atoms with Crippen molar-refractivity contribution in [1.29, 1.82) is 0 Å². The van der Waals surface area contributed by atoms with E-state index < -0.39 is 5.41 Å². The lowest BCUT2D eigenvalue weighted by molar-refractivity contribution is -0.138. The summed E-state index contributed by atoms with van der Waals surface area (Å²) in [5, 5.41) is 5.72. The number of benzene rings is 1. The highest BCUT2D eigenvalue weighted by atomic mass is 16.2. The van der Waals surface area contributed by atoms with Crippen molar-refractivity contribution in [2.75, 3.05) is 11.9 Å². The Hall–Kier alpha value is -1.84. The van der Waals surface area contributed by atoms with Gasteiger partial charge >= 0.3 is 0 Å². The number of anilines is 1. The molecule has 0 saturated carbocycles. The quantitative estimate of drug-likeness (QED) is 0.791. The van der Waals surface area contributed by atoms with Crippen LogP contribution < -0.4 is 10.6 Å². The Labute approximate surface area is 133 Å². The minimum Gasteiger partial charge on any atom is -0.355 e. The van der Waals surface area contributed by atoms with Crippen molar-refractivity contribution < 1.29 is 9.59 Å². The highest BCUT2D eigenvalue weighted by molar-refractivity contribution is 6.10. The van der Waals surface area contributed by atoms with E-state index in [2.05, 4.69) is 24.5 Å². The number of nitrogens with one attached hydrogen (secondary N) is 2. The molecule has 2 amide bonds. The Balaban J connectivity index is 2.73. The molecule has 0 aliphatic rings. The van der Waals surface area contributed by atoms with Gasteiger partial charge in [-0.3, -0.25) is 9.59 Å². The molecule has 122 valence electrons. The van der Waals surface area contributed by atoms with Crippen molar-refractivity contribution in [2.24, 2.45) is 11.3 Å². The Morgan fingerprint density at radius 3 is 2.36 bits per heavy atom. The smallest absolute Gasteiger partial charge is 0.239 e. The minimum atomic E-state index is -1.10. The second kappa shape index (κ2) is 7.43. The van der Waals surface area contributed by atoms with E-state index in [0.29, 0.717) is 12.5 Å². The molecule has 4 nitrogen and oxygen atoms in total. The summed E-state index contributed by atoms with van der Waals surface area (Å²) in [6, 6.07) is 5.75. The number of amides is 2. The molecule has 0 aliphatic carbocycles. The summed E-state index contributed by atoms with van der Waals surface area (Å²) >= 11 is 0. The van der Waals surface area contributed by atoms with E-state index in [9.17, 15) is 9.59 Å². The van der Waals surface area contributed by atoms with Crippen LogP contribution in [0.2, 0.25) is 0 Å². The topological polar surface area (TPSA) is 58.2 Å². The molecule has 0 radical (unpaired) electrons. The maximum absolute atomic E-state index is 12.5. The summed E-state index contributed by atoms with van der Waals surface area (Å²) in [6.45, 7) is 12.1. The Morgan fingerprint density at radius 2 is 1.77 bits per heavy atom. The predicted molar refractivity (Wildman–Crippen MR) is 90.8 cm³/mol. The average Bonchev–Trinajstić information content (AvgIpc) is 2.43. The van der Waals surface area contributed by atoms with Gasteiger partial charge in [-0.2, -0.15) is 0 Å². The average molecular weight is 304 g/mol. The lowest BCUT2D eigenvalue weighted by Crippen LogP contribution is -2.45. The van der Waals surface area contributed by atoms with Gasteiger partial charge in [0, 0.05) is 12.2 Å². The summed E-state index contributed by atoms with van der Waals surface area (Å²) in [6.07, 6.45) is 0.903. The Morgan fingerprint density at radius 1 is 1.14 bits per heavy atom. The van der Waals surface area contributed by atoms with Gasteiger partial charge in [0.05, 0.1) is 0 Å². The molecular weight excluding hydrogens is 276 g/mol. The summed E-state index contributed by atoms with van der Waals surface area (Å²) in [4.78, 5) is 24.7. The minimum absolute atomic E-state index is 0.240. The number of hydrogen-bond donors (Lipinski definition) is 2. The van der Waals surface area contributed by atoms with Gasteiger partial charge in [0.25, 0.3) is 0 Å². The first-order chi connectivity index (χ1) is 10.2. The summed E-state index contributed by atoms with van der Waals surface area (Å²) in [7, 11) is 0. The second-order valence-corrected chi connectivity index (χ2v) is 6.77. The van der Waals surface area contributed by atoms with Crippen LogP contribution in [0.3, 0.4) is 0 Å². The molecule has 0 saturated heterocycles. The standard InChI is InChI=1S/C18H28N2O2/c1-12(2)10-11-19-16(21)18(5,6)17(22)20-15-9-7-8-13(3)14(15)4/h7-9,12H,10-11H2,1-6H3,(H,19,21)(H,20,22). The van der Waals surface area contributed by atoms with E-state index in [1.807, 2.05) is 32.0 Å². The SMILES string of the molecule is Cc1cccc(NC(=O)C(C)(C)C(=O)NCCC(C)C)c1C. The monoisotopic (exact) mass is 304 g/mol. The molecular formula is C18H28N2O2. The Bertz CT molecular complexity index is 548. The predicted octanol–water partition coefficient (Wildman–Crippen LogP) is 3.43. The lowest BCUT2D eigenvalue weighted by Gasteiger charge is -2.23. The number of carbonyl (C=O) groups is 2. The van der Waals surface area contributed by atoms with Gasteiger partial charge in [0.15, 0.2) is 0 Å². The van der Waals surface area contributed by atoms with Gasteiger partial charge in [0.2, 0.25) is 11.8 Å². The van der Waals surface area contributed by atoms with Crippen molar-refractivity contribution in [2.45, 2.75) is 48.0 Å². The maximum Gasteiger partial charge on any atom is 0.239 e. The lowest BCUT2D eigenvalue weighted by atomic mass is 9.90. The molecule has 0 atom stereocenters. The molecule has 1 rings (SSSR count). The fourth-order valence-corrected chi connectivity index (χ4v) is 1.96. The Kier molecular flexibility index (Phi) is 6.15. The zero-order valence-corrected chi connectivity index (χ0v) is 14.5. The fraction of sp³-hybridized carbons (Fsp3) is 0.556. The normalized spacial score (nSPS) is 11.4. The zero-order chi connectivity index (χ0) is 16.9. The van der Waals surface area contributed by atoms with Crippen LogP contribution in [-0.2, 0) is 9.59 Å². The highest BCUT2D eigenvalue weighted by Gasteiger charge is 2.36. The van der Waals surface area contributed by atoms with Crippen LogP contribution in [0.4, 0.5) is 5.69 Å². The summed E-state index contributed by atoms with van der Waals surface area (Å²) in [5.74, 6) is -0.00798. The first-order valence-electron chi connectivity index (χ1n) is 7.82.